The molecule has 1 atom stereocenters. The molecule has 31 heavy (non-hydrogen) atoms. The van der Waals surface area contributed by atoms with Crippen molar-refractivity contribution >= 4 is 22.8 Å². The number of carbonyl (C=O) groups is 2. The molecule has 1 N–H and O–H groups in total. The van der Waals surface area contributed by atoms with Gasteiger partial charge in [-0.25, -0.2) is 0 Å². The van der Waals surface area contributed by atoms with Crippen molar-refractivity contribution in [1.29, 1.82) is 0 Å². The van der Waals surface area contributed by atoms with Crippen LogP contribution in [0.15, 0.2) is 59.5 Å². The van der Waals surface area contributed by atoms with Crippen molar-refractivity contribution in [2.75, 3.05) is 21.3 Å². The Bertz CT molecular complexity index is 1150. The van der Waals surface area contributed by atoms with Crippen LogP contribution in [0.2, 0.25) is 0 Å². The highest BCUT2D eigenvalue weighted by Crippen LogP contribution is 2.31. The Morgan fingerprint density at radius 2 is 1.74 bits per heavy atom. The van der Waals surface area contributed by atoms with Crippen molar-refractivity contribution in [1.82, 2.24) is 9.88 Å². The molecule has 1 amide bonds. The standard InChI is InChI=1S/C23H24N2O6/c1-29-20-9-8-15(12-21(20)30-2)17(13-23(28)31-3)24-22(27)14-25-11-10-19(26)16-6-4-5-7-18(16)25/h4-12,17H,13-14H2,1-3H3,(H,24,27). The molecular weight excluding hydrogens is 400 g/mol. The largest absolute Gasteiger partial charge is 0.493 e. The molecule has 0 fully saturated rings. The van der Waals surface area contributed by atoms with E-state index in [2.05, 4.69) is 5.32 Å². The van der Waals surface area contributed by atoms with Gasteiger partial charge in [0.1, 0.15) is 6.54 Å². The molecule has 0 aliphatic heterocycles. The predicted molar refractivity (Wildman–Crippen MR) is 115 cm³/mol. The monoisotopic (exact) mass is 424 g/mol. The van der Waals surface area contributed by atoms with Crippen LogP contribution < -0.4 is 20.2 Å². The van der Waals surface area contributed by atoms with Gasteiger partial charge in [-0.2, -0.15) is 0 Å². The average Bonchev–Trinajstić information content (AvgIpc) is 2.80. The molecule has 0 saturated heterocycles. The molecule has 8 nitrogen and oxygen atoms in total. The number of esters is 1. The third-order valence-corrected chi connectivity index (χ3v) is 4.94. The fourth-order valence-corrected chi connectivity index (χ4v) is 3.36. The molecule has 1 heterocycles. The van der Waals surface area contributed by atoms with Crippen LogP contribution in [0.3, 0.4) is 0 Å². The molecular formula is C23H24N2O6. The Kier molecular flexibility index (Phi) is 6.92. The first-order chi connectivity index (χ1) is 15.0. The smallest absolute Gasteiger partial charge is 0.307 e. The van der Waals surface area contributed by atoms with Crippen molar-refractivity contribution in [2.24, 2.45) is 0 Å². The van der Waals surface area contributed by atoms with Gasteiger partial charge in [0.05, 0.1) is 39.3 Å². The highest BCUT2D eigenvalue weighted by molar-refractivity contribution is 5.82. The Morgan fingerprint density at radius 1 is 1.00 bits per heavy atom. The number of carbonyl (C=O) groups excluding carboxylic acids is 2. The lowest BCUT2D eigenvalue weighted by atomic mass is 10.0. The first-order valence-corrected chi connectivity index (χ1v) is 9.63. The maximum Gasteiger partial charge on any atom is 0.307 e. The highest BCUT2D eigenvalue weighted by atomic mass is 16.5. The molecule has 1 unspecified atom stereocenters. The second-order valence-corrected chi connectivity index (χ2v) is 6.84. The summed E-state index contributed by atoms with van der Waals surface area (Å²) in [5.74, 6) is 0.232. The zero-order chi connectivity index (χ0) is 22.4. The van der Waals surface area contributed by atoms with Gasteiger partial charge in [0, 0.05) is 17.6 Å². The lowest BCUT2D eigenvalue weighted by molar-refractivity contribution is -0.141. The van der Waals surface area contributed by atoms with E-state index in [9.17, 15) is 14.4 Å². The molecule has 2 aromatic carbocycles. The van der Waals surface area contributed by atoms with E-state index in [1.807, 2.05) is 0 Å². The Morgan fingerprint density at radius 3 is 2.45 bits per heavy atom. The number of aromatic nitrogens is 1. The van der Waals surface area contributed by atoms with E-state index >= 15 is 0 Å². The van der Waals surface area contributed by atoms with Gasteiger partial charge in [0.15, 0.2) is 16.9 Å². The predicted octanol–water partition coefficient (Wildman–Crippen LogP) is 2.44. The van der Waals surface area contributed by atoms with Gasteiger partial charge in [0.25, 0.3) is 0 Å². The first-order valence-electron chi connectivity index (χ1n) is 9.63. The summed E-state index contributed by atoms with van der Waals surface area (Å²) in [6.07, 6.45) is 1.53. The summed E-state index contributed by atoms with van der Waals surface area (Å²) in [5, 5.41) is 3.41. The number of nitrogens with zero attached hydrogens (tertiary/aromatic N) is 1. The number of fused-ring (bicyclic) bond motifs is 1. The number of ether oxygens (including phenoxy) is 3. The number of pyridine rings is 1. The van der Waals surface area contributed by atoms with Gasteiger partial charge < -0.3 is 24.1 Å². The molecule has 0 radical (unpaired) electrons. The van der Waals surface area contributed by atoms with Crippen LogP contribution in [-0.4, -0.2) is 37.8 Å². The number of benzene rings is 2. The van der Waals surface area contributed by atoms with Crippen LogP contribution in [0.4, 0.5) is 0 Å². The number of methoxy groups -OCH3 is 3. The number of nitrogens with one attached hydrogen (secondary N) is 1. The minimum atomic E-state index is -0.634. The third kappa shape index (κ3) is 5.03. The fraction of sp³-hybridized carbons (Fsp3) is 0.261. The Balaban J connectivity index is 1.87. The SMILES string of the molecule is COC(=O)CC(NC(=O)Cn1ccc(=O)c2ccccc21)c1ccc(OC)c(OC)c1. The maximum atomic E-state index is 12.9. The Labute approximate surface area is 179 Å². The molecule has 3 rings (SSSR count). The Hall–Kier alpha value is -3.81. The zero-order valence-electron chi connectivity index (χ0n) is 17.6. The fourth-order valence-electron chi connectivity index (χ4n) is 3.36. The lowest BCUT2D eigenvalue weighted by Crippen LogP contribution is -2.33. The molecule has 0 spiro atoms. The normalized spacial score (nSPS) is 11.6. The van der Waals surface area contributed by atoms with E-state index in [4.69, 9.17) is 14.2 Å². The van der Waals surface area contributed by atoms with E-state index in [1.54, 1.807) is 53.2 Å². The molecule has 3 aromatic rings. The lowest BCUT2D eigenvalue weighted by Gasteiger charge is -2.20. The summed E-state index contributed by atoms with van der Waals surface area (Å²) in [6.45, 7) is -0.0221. The summed E-state index contributed by atoms with van der Waals surface area (Å²) in [6, 6.07) is 13.0. The van der Waals surface area contributed by atoms with Gasteiger partial charge in [-0.05, 0) is 29.8 Å². The van der Waals surface area contributed by atoms with Crippen LogP contribution in [0.1, 0.15) is 18.0 Å². The van der Waals surface area contributed by atoms with Crippen LogP contribution in [-0.2, 0) is 20.9 Å². The second kappa shape index (κ2) is 9.80. The molecule has 0 bridgehead atoms. The summed E-state index contributed by atoms with van der Waals surface area (Å²) < 4.78 is 17.1. The quantitative estimate of drug-likeness (QED) is 0.558. The minimum Gasteiger partial charge on any atom is -0.493 e. The molecule has 0 aliphatic rings. The van der Waals surface area contributed by atoms with Crippen LogP contribution in [0, 0.1) is 0 Å². The molecule has 0 saturated carbocycles. The zero-order valence-corrected chi connectivity index (χ0v) is 17.6. The maximum absolute atomic E-state index is 12.9. The van der Waals surface area contributed by atoms with Gasteiger partial charge in [0.2, 0.25) is 5.91 Å². The summed E-state index contributed by atoms with van der Waals surface area (Å²) >= 11 is 0. The van der Waals surface area contributed by atoms with Gasteiger partial charge in [-0.3, -0.25) is 14.4 Å². The number of amides is 1. The number of hydrogen-bond acceptors (Lipinski definition) is 6. The van der Waals surface area contributed by atoms with E-state index in [1.165, 1.54) is 27.4 Å². The van der Waals surface area contributed by atoms with Gasteiger partial charge in [-0.15, -0.1) is 0 Å². The highest BCUT2D eigenvalue weighted by Gasteiger charge is 2.21. The van der Waals surface area contributed by atoms with E-state index in [0.717, 1.165) is 0 Å². The topological polar surface area (TPSA) is 95.9 Å². The van der Waals surface area contributed by atoms with Gasteiger partial charge in [-0.1, -0.05) is 18.2 Å². The van der Waals surface area contributed by atoms with E-state index < -0.39 is 12.0 Å². The molecule has 162 valence electrons. The number of hydrogen-bond donors (Lipinski definition) is 1. The third-order valence-electron chi connectivity index (χ3n) is 4.94. The van der Waals surface area contributed by atoms with E-state index in [-0.39, 0.29) is 24.3 Å². The van der Waals surface area contributed by atoms with Crippen LogP contribution >= 0.6 is 0 Å². The molecule has 8 heteroatoms. The van der Waals surface area contributed by atoms with Crippen molar-refractivity contribution in [2.45, 2.75) is 19.0 Å². The summed E-state index contributed by atoms with van der Waals surface area (Å²) in [4.78, 5) is 36.9. The van der Waals surface area contributed by atoms with Crippen molar-refractivity contribution < 1.29 is 23.8 Å². The number of para-hydroxylation sites is 1. The molecule has 0 aliphatic carbocycles. The average molecular weight is 424 g/mol. The minimum absolute atomic E-state index is 0.0221. The summed E-state index contributed by atoms with van der Waals surface area (Å²) in [5.41, 5.74) is 1.21. The summed E-state index contributed by atoms with van der Waals surface area (Å²) in [7, 11) is 4.33. The van der Waals surface area contributed by atoms with Crippen molar-refractivity contribution in [3.8, 4) is 11.5 Å². The van der Waals surface area contributed by atoms with E-state index in [0.29, 0.717) is 28.0 Å². The van der Waals surface area contributed by atoms with Crippen LogP contribution in [0.5, 0.6) is 11.5 Å². The number of rotatable bonds is 8. The molecule has 1 aromatic heterocycles. The van der Waals surface area contributed by atoms with Crippen molar-refractivity contribution in [3.05, 3.63) is 70.5 Å². The second-order valence-electron chi connectivity index (χ2n) is 6.84. The van der Waals surface area contributed by atoms with Gasteiger partial charge >= 0.3 is 5.97 Å². The van der Waals surface area contributed by atoms with Crippen molar-refractivity contribution in [3.63, 3.8) is 0 Å². The first kappa shape index (κ1) is 21.9. The van der Waals surface area contributed by atoms with Crippen LogP contribution in [0.25, 0.3) is 10.9 Å².